The second-order valence-corrected chi connectivity index (χ2v) is 11.1. The molecule has 0 atom stereocenters. The average molecular weight is 525 g/mol. The Labute approximate surface area is 219 Å². The van der Waals surface area contributed by atoms with Crippen molar-refractivity contribution in [2.45, 2.75) is 19.3 Å². The van der Waals surface area contributed by atoms with Gasteiger partial charge >= 0.3 is 0 Å². The average Bonchev–Trinajstić information content (AvgIpc) is 3.30. The molecule has 0 aromatic heterocycles. The lowest BCUT2D eigenvalue weighted by Gasteiger charge is -2.32. The summed E-state index contributed by atoms with van der Waals surface area (Å²) in [7, 11) is 0. The van der Waals surface area contributed by atoms with Crippen LogP contribution in [0.2, 0.25) is 0 Å². The number of benzene rings is 5. The van der Waals surface area contributed by atoms with Gasteiger partial charge in [-0.1, -0.05) is 105 Å². The molecule has 5 aromatic rings. The van der Waals surface area contributed by atoms with E-state index in [2.05, 4.69) is 145 Å². The molecular formula is C35H25Br. The maximum atomic E-state index is 4.04. The number of hydrogen-bond donors (Lipinski definition) is 0. The molecule has 0 spiro atoms. The molecule has 172 valence electrons. The molecule has 0 saturated heterocycles. The summed E-state index contributed by atoms with van der Waals surface area (Å²) in [5, 5.41) is 5.23. The monoisotopic (exact) mass is 524 g/mol. The van der Waals surface area contributed by atoms with Crippen LogP contribution in [-0.2, 0) is 5.41 Å². The van der Waals surface area contributed by atoms with Gasteiger partial charge in [-0.2, -0.15) is 0 Å². The van der Waals surface area contributed by atoms with Gasteiger partial charge < -0.3 is 0 Å². The molecule has 2 aliphatic carbocycles. The van der Waals surface area contributed by atoms with Gasteiger partial charge in [0, 0.05) is 9.89 Å². The lowest BCUT2D eigenvalue weighted by atomic mass is 9.72. The molecule has 5 aromatic carbocycles. The first-order valence-electron chi connectivity index (χ1n) is 12.5. The standard InChI is InChI=1S/C35H25Br/c1-35(2)31-17-7-6-12-25(31)19-30-32(35)21-28-29(34(30)36)20-26-15-9-16-27(33(26)28)24-14-8-13-23(18-24)22-10-4-3-5-11-22/h3-21H,1-2H3. The maximum Gasteiger partial charge on any atom is 0.0329 e. The molecule has 0 heterocycles. The van der Waals surface area contributed by atoms with Gasteiger partial charge in [-0.15, -0.1) is 0 Å². The summed E-state index contributed by atoms with van der Waals surface area (Å²) in [4.78, 5) is 0. The molecule has 2 aliphatic rings. The Bertz CT molecular complexity index is 1910. The predicted octanol–water partition coefficient (Wildman–Crippen LogP) is 7.68. The summed E-state index contributed by atoms with van der Waals surface area (Å²) in [6, 6.07) is 37.5. The Morgan fingerprint density at radius 2 is 1.33 bits per heavy atom. The molecule has 0 fully saturated rings. The van der Waals surface area contributed by atoms with Crippen LogP contribution in [0.4, 0.5) is 0 Å². The van der Waals surface area contributed by atoms with E-state index < -0.39 is 0 Å². The Morgan fingerprint density at radius 3 is 2.19 bits per heavy atom. The van der Waals surface area contributed by atoms with Crippen molar-refractivity contribution in [2.24, 2.45) is 0 Å². The van der Waals surface area contributed by atoms with Gasteiger partial charge in [0.25, 0.3) is 0 Å². The first kappa shape index (κ1) is 21.6. The van der Waals surface area contributed by atoms with Crippen LogP contribution in [0.3, 0.4) is 0 Å². The highest BCUT2D eigenvalue weighted by Crippen LogP contribution is 2.38. The van der Waals surface area contributed by atoms with Crippen LogP contribution in [0.5, 0.6) is 0 Å². The van der Waals surface area contributed by atoms with Gasteiger partial charge in [-0.3, -0.25) is 0 Å². The molecule has 0 N–H and O–H groups in total. The molecule has 0 aliphatic heterocycles. The Morgan fingerprint density at radius 1 is 0.611 bits per heavy atom. The number of halogens is 1. The van der Waals surface area contributed by atoms with Crippen molar-refractivity contribution in [2.75, 3.05) is 0 Å². The molecule has 1 heteroatoms. The van der Waals surface area contributed by atoms with Crippen LogP contribution >= 0.6 is 15.9 Å². The van der Waals surface area contributed by atoms with Crippen molar-refractivity contribution >= 4 is 28.1 Å². The van der Waals surface area contributed by atoms with Crippen LogP contribution in [0.25, 0.3) is 34.4 Å². The third kappa shape index (κ3) is 3.13. The van der Waals surface area contributed by atoms with Crippen molar-refractivity contribution in [3.63, 3.8) is 0 Å². The SMILES string of the molecule is CC1(C)c2ccccc2C=c2c1cc1c(c2Br)C=c2cccc(-c3cccc(-c4ccccc4)c3)c2=1. The van der Waals surface area contributed by atoms with Gasteiger partial charge in [-0.25, -0.2) is 0 Å². The Kier molecular flexibility index (Phi) is 4.75. The molecule has 0 saturated carbocycles. The van der Waals surface area contributed by atoms with Crippen molar-refractivity contribution < 1.29 is 0 Å². The molecule has 0 bridgehead atoms. The van der Waals surface area contributed by atoms with Crippen LogP contribution in [0, 0.1) is 10.4 Å². The van der Waals surface area contributed by atoms with Crippen molar-refractivity contribution in [1.82, 2.24) is 0 Å². The zero-order valence-electron chi connectivity index (χ0n) is 20.3. The molecule has 36 heavy (non-hydrogen) atoms. The molecule has 0 unspecified atom stereocenters. The molecular weight excluding hydrogens is 500 g/mol. The summed E-state index contributed by atoms with van der Waals surface area (Å²) in [5.41, 5.74) is 10.3. The summed E-state index contributed by atoms with van der Waals surface area (Å²) >= 11 is 4.04. The number of hydrogen-bond acceptors (Lipinski definition) is 0. The minimum Gasteiger partial charge on any atom is -0.0622 e. The van der Waals surface area contributed by atoms with E-state index in [0.717, 1.165) is 0 Å². The van der Waals surface area contributed by atoms with E-state index in [1.54, 1.807) is 0 Å². The molecule has 0 amide bonds. The highest BCUT2D eigenvalue weighted by Gasteiger charge is 2.31. The highest BCUT2D eigenvalue weighted by molar-refractivity contribution is 9.10. The van der Waals surface area contributed by atoms with E-state index in [0.29, 0.717) is 0 Å². The van der Waals surface area contributed by atoms with E-state index >= 15 is 0 Å². The fourth-order valence-electron chi connectivity index (χ4n) is 6.06. The quantitative estimate of drug-likeness (QED) is 0.218. The third-order valence-electron chi connectivity index (χ3n) is 7.90. The second kappa shape index (κ2) is 7.91. The van der Waals surface area contributed by atoms with E-state index in [1.807, 2.05) is 0 Å². The second-order valence-electron chi connectivity index (χ2n) is 10.3. The van der Waals surface area contributed by atoms with Crippen LogP contribution < -0.4 is 10.4 Å². The first-order valence-corrected chi connectivity index (χ1v) is 13.3. The van der Waals surface area contributed by atoms with Gasteiger partial charge in [0.2, 0.25) is 0 Å². The largest absolute Gasteiger partial charge is 0.0622 e. The van der Waals surface area contributed by atoms with E-state index in [4.69, 9.17) is 0 Å². The molecule has 0 nitrogen and oxygen atoms in total. The fourth-order valence-corrected chi connectivity index (χ4v) is 6.72. The summed E-state index contributed by atoms with van der Waals surface area (Å²) in [6.45, 7) is 4.70. The van der Waals surface area contributed by atoms with Crippen molar-refractivity contribution in [3.05, 3.63) is 151 Å². The zero-order chi connectivity index (χ0) is 24.4. The minimum absolute atomic E-state index is 0.0802. The maximum absolute atomic E-state index is 4.04. The van der Waals surface area contributed by atoms with Crippen LogP contribution in [0.1, 0.15) is 36.1 Å². The van der Waals surface area contributed by atoms with Crippen LogP contribution in [0.15, 0.2) is 108 Å². The third-order valence-corrected chi connectivity index (χ3v) is 8.75. The zero-order valence-corrected chi connectivity index (χ0v) is 21.9. The Balaban J connectivity index is 1.55. The van der Waals surface area contributed by atoms with Crippen LogP contribution in [-0.4, -0.2) is 0 Å². The normalized spacial score (nSPS) is 14.1. The number of rotatable bonds is 2. The summed E-state index contributed by atoms with van der Waals surface area (Å²) in [5.74, 6) is 0. The summed E-state index contributed by atoms with van der Waals surface area (Å²) < 4.78 is 1.19. The lowest BCUT2D eigenvalue weighted by molar-refractivity contribution is 0.628. The molecule has 7 rings (SSSR count). The lowest BCUT2D eigenvalue weighted by Crippen LogP contribution is -2.32. The Hall–Kier alpha value is -3.68. The fraction of sp³-hybridized carbons (Fsp3) is 0.0857. The van der Waals surface area contributed by atoms with E-state index in [-0.39, 0.29) is 5.41 Å². The topological polar surface area (TPSA) is 0 Å². The molecule has 0 radical (unpaired) electrons. The van der Waals surface area contributed by atoms with Crippen molar-refractivity contribution in [1.29, 1.82) is 0 Å². The van der Waals surface area contributed by atoms with E-state index in [9.17, 15) is 0 Å². The van der Waals surface area contributed by atoms with Gasteiger partial charge in [0.15, 0.2) is 0 Å². The number of fused-ring (bicyclic) bond motifs is 4. The predicted molar refractivity (Wildman–Crippen MR) is 154 cm³/mol. The summed E-state index contributed by atoms with van der Waals surface area (Å²) in [6.07, 6.45) is 4.70. The minimum atomic E-state index is -0.0802. The van der Waals surface area contributed by atoms with Gasteiger partial charge in [0.1, 0.15) is 0 Å². The first-order chi connectivity index (χ1) is 17.5. The van der Waals surface area contributed by atoms with Crippen molar-refractivity contribution in [3.8, 4) is 22.3 Å². The van der Waals surface area contributed by atoms with E-state index in [1.165, 1.54) is 69.9 Å². The highest BCUT2D eigenvalue weighted by atomic mass is 79.9. The van der Waals surface area contributed by atoms with Gasteiger partial charge in [0.05, 0.1) is 0 Å². The smallest absolute Gasteiger partial charge is 0.0329 e. The van der Waals surface area contributed by atoms with Gasteiger partial charge in [-0.05, 0) is 106 Å².